The van der Waals surface area contributed by atoms with Gasteiger partial charge < -0.3 is 5.32 Å². The van der Waals surface area contributed by atoms with Crippen molar-refractivity contribution in [2.75, 3.05) is 0 Å². The molecule has 1 N–H and O–H groups in total. The molecule has 0 rings (SSSR count). The molecular formula is C14H26NOP. The number of nitrogens with one attached hydrogen (secondary N) is 1. The number of terminal acetylenes is 1. The monoisotopic (exact) mass is 255 g/mol. The zero-order valence-electron chi connectivity index (χ0n) is 11.8. The fourth-order valence-corrected chi connectivity index (χ4v) is 1.63. The summed E-state index contributed by atoms with van der Waals surface area (Å²) in [5, 5.41) is 2.94. The van der Waals surface area contributed by atoms with E-state index in [-0.39, 0.29) is 22.5 Å². The van der Waals surface area contributed by atoms with Crippen LogP contribution in [0.3, 0.4) is 0 Å². The third-order valence-electron chi connectivity index (χ3n) is 2.77. The predicted molar refractivity (Wildman–Crippen MR) is 77.6 cm³/mol. The van der Waals surface area contributed by atoms with Gasteiger partial charge in [0.15, 0.2) is 0 Å². The van der Waals surface area contributed by atoms with Gasteiger partial charge in [0.1, 0.15) is 0 Å². The van der Waals surface area contributed by atoms with Crippen molar-refractivity contribution < 1.29 is 4.79 Å². The van der Waals surface area contributed by atoms with E-state index in [0.29, 0.717) is 6.42 Å². The largest absolute Gasteiger partial charge is 0.349 e. The second kappa shape index (κ2) is 6.41. The van der Waals surface area contributed by atoms with Crippen molar-refractivity contribution in [2.24, 2.45) is 10.8 Å². The van der Waals surface area contributed by atoms with Crippen molar-refractivity contribution in [1.29, 1.82) is 0 Å². The first-order valence-corrected chi connectivity index (χ1v) is 6.75. The Hall–Kier alpha value is -0.540. The van der Waals surface area contributed by atoms with Gasteiger partial charge in [-0.2, -0.15) is 0 Å². The topological polar surface area (TPSA) is 29.1 Å². The van der Waals surface area contributed by atoms with E-state index in [0.717, 1.165) is 12.8 Å². The number of hydrogen-bond acceptors (Lipinski definition) is 1. The van der Waals surface area contributed by atoms with Crippen LogP contribution in [0.1, 0.15) is 53.9 Å². The van der Waals surface area contributed by atoms with Crippen molar-refractivity contribution in [3.05, 3.63) is 0 Å². The van der Waals surface area contributed by atoms with E-state index in [4.69, 9.17) is 6.42 Å². The minimum atomic E-state index is -0.337. The maximum atomic E-state index is 12.1. The minimum absolute atomic E-state index is 0.0265. The van der Waals surface area contributed by atoms with Crippen molar-refractivity contribution in [2.45, 2.75) is 59.7 Å². The van der Waals surface area contributed by atoms with Gasteiger partial charge in [0.2, 0.25) is 5.91 Å². The quantitative estimate of drug-likeness (QED) is 0.593. The lowest BCUT2D eigenvalue weighted by molar-refractivity contribution is -0.130. The van der Waals surface area contributed by atoms with Crippen molar-refractivity contribution >= 4 is 15.1 Å². The summed E-state index contributed by atoms with van der Waals surface area (Å²) in [4.78, 5) is 12.1. The van der Waals surface area contributed by atoms with Gasteiger partial charge in [0.25, 0.3) is 0 Å². The molecule has 0 aromatic carbocycles. The molecule has 1 amide bonds. The van der Waals surface area contributed by atoms with Gasteiger partial charge in [-0.1, -0.05) is 34.6 Å². The molecule has 0 bridgehead atoms. The molecule has 0 radical (unpaired) electrons. The van der Waals surface area contributed by atoms with Gasteiger partial charge in [-0.05, 0) is 18.3 Å². The van der Waals surface area contributed by atoms with Gasteiger partial charge >= 0.3 is 0 Å². The first-order chi connectivity index (χ1) is 7.58. The molecule has 0 aromatic heterocycles. The van der Waals surface area contributed by atoms with Crippen LogP contribution in [-0.2, 0) is 4.79 Å². The number of carbonyl (C=O) groups is 1. The molecule has 0 saturated carbocycles. The van der Waals surface area contributed by atoms with Gasteiger partial charge in [0.05, 0.1) is 5.78 Å². The Morgan fingerprint density at radius 1 is 1.29 bits per heavy atom. The maximum Gasteiger partial charge on any atom is 0.226 e. The highest BCUT2D eigenvalue weighted by molar-refractivity contribution is 7.17. The molecule has 0 spiro atoms. The molecule has 0 fully saturated rings. The van der Waals surface area contributed by atoms with Crippen molar-refractivity contribution in [3.63, 3.8) is 0 Å². The van der Waals surface area contributed by atoms with E-state index >= 15 is 0 Å². The summed E-state index contributed by atoms with van der Waals surface area (Å²) in [7, 11) is 2.57. The smallest absolute Gasteiger partial charge is 0.226 e. The maximum absolute atomic E-state index is 12.1. The summed E-state index contributed by atoms with van der Waals surface area (Å²) in [5.41, 5.74) is -0.0760. The lowest BCUT2D eigenvalue weighted by atomic mass is 9.79. The highest BCUT2D eigenvalue weighted by Crippen LogP contribution is 2.30. The number of carbonyl (C=O) groups excluding carboxylic acids is 1. The summed E-state index contributed by atoms with van der Waals surface area (Å²) in [6.07, 6.45) is 7.68. The third-order valence-corrected chi connectivity index (χ3v) is 3.17. The van der Waals surface area contributed by atoms with Crippen LogP contribution in [0.2, 0.25) is 0 Å². The van der Waals surface area contributed by atoms with Gasteiger partial charge in [-0.3, -0.25) is 4.79 Å². The fraction of sp³-hybridized carbons (Fsp3) is 0.786. The van der Waals surface area contributed by atoms with Crippen LogP contribution in [0, 0.1) is 23.2 Å². The molecule has 2 atom stereocenters. The van der Waals surface area contributed by atoms with Gasteiger partial charge in [-0.25, -0.2) is 0 Å². The summed E-state index contributed by atoms with van der Waals surface area (Å²) >= 11 is 0. The number of amides is 1. The van der Waals surface area contributed by atoms with Crippen molar-refractivity contribution in [3.8, 4) is 12.3 Å². The van der Waals surface area contributed by atoms with Crippen LogP contribution < -0.4 is 5.32 Å². The standard InChI is InChI=1S/C14H26NOP/c1-7-8-11(17)15-12(16)14(5,6)10-9-13(2,3)4/h1,11H,8-10,17H2,2-6H3,(H,15,16). The van der Waals surface area contributed by atoms with E-state index in [1.165, 1.54) is 0 Å². The van der Waals surface area contributed by atoms with Crippen LogP contribution in [-0.4, -0.2) is 11.7 Å². The average Bonchev–Trinajstić information content (AvgIpc) is 2.14. The van der Waals surface area contributed by atoms with Crippen LogP contribution in [0.4, 0.5) is 0 Å². The second-order valence-corrected chi connectivity index (χ2v) is 7.24. The van der Waals surface area contributed by atoms with Crippen LogP contribution in [0.25, 0.3) is 0 Å². The molecule has 0 aromatic rings. The average molecular weight is 255 g/mol. The molecule has 0 aliphatic heterocycles. The summed E-state index contributed by atoms with van der Waals surface area (Å²) in [6.45, 7) is 10.6. The van der Waals surface area contributed by atoms with E-state index in [1.54, 1.807) is 0 Å². The van der Waals surface area contributed by atoms with E-state index < -0.39 is 0 Å². The van der Waals surface area contributed by atoms with Crippen molar-refractivity contribution in [1.82, 2.24) is 5.32 Å². The Morgan fingerprint density at radius 2 is 1.82 bits per heavy atom. The van der Waals surface area contributed by atoms with Crippen LogP contribution in [0.5, 0.6) is 0 Å². The SMILES string of the molecule is C#CCC(P)NC(=O)C(C)(C)CCC(C)(C)C. The summed E-state index contributed by atoms with van der Waals surface area (Å²) in [5.74, 6) is 2.60. The summed E-state index contributed by atoms with van der Waals surface area (Å²) < 4.78 is 0. The minimum Gasteiger partial charge on any atom is -0.349 e. The molecular weight excluding hydrogens is 229 g/mol. The lowest BCUT2D eigenvalue weighted by Crippen LogP contribution is -2.40. The molecule has 0 aliphatic carbocycles. The van der Waals surface area contributed by atoms with Crippen LogP contribution >= 0.6 is 9.24 Å². The number of rotatable bonds is 5. The zero-order valence-corrected chi connectivity index (χ0v) is 12.9. The molecule has 0 saturated heterocycles. The zero-order chi connectivity index (χ0) is 13.7. The third kappa shape index (κ3) is 7.40. The molecule has 17 heavy (non-hydrogen) atoms. The highest BCUT2D eigenvalue weighted by Gasteiger charge is 2.29. The molecule has 0 heterocycles. The Labute approximate surface area is 109 Å². The molecule has 98 valence electrons. The summed E-state index contributed by atoms with van der Waals surface area (Å²) in [6, 6.07) is 0. The fourth-order valence-electron chi connectivity index (χ4n) is 1.34. The van der Waals surface area contributed by atoms with E-state index in [9.17, 15) is 4.79 Å². The Kier molecular flexibility index (Phi) is 6.20. The van der Waals surface area contributed by atoms with Crippen LogP contribution in [0.15, 0.2) is 0 Å². The second-order valence-electron chi connectivity index (χ2n) is 6.43. The predicted octanol–water partition coefficient (Wildman–Crippen LogP) is 3.18. The molecule has 2 unspecified atom stereocenters. The molecule has 3 heteroatoms. The first-order valence-electron chi connectivity index (χ1n) is 6.08. The number of hydrogen-bond donors (Lipinski definition) is 1. The first kappa shape index (κ1) is 16.5. The lowest BCUT2D eigenvalue weighted by Gasteiger charge is -2.29. The van der Waals surface area contributed by atoms with E-state index in [1.807, 2.05) is 13.8 Å². The van der Waals surface area contributed by atoms with Gasteiger partial charge in [0, 0.05) is 11.8 Å². The normalized spacial score (nSPS) is 13.9. The Balaban J connectivity index is 4.31. The molecule has 2 nitrogen and oxygen atoms in total. The Bertz CT molecular complexity index is 296. The van der Waals surface area contributed by atoms with Gasteiger partial charge in [-0.15, -0.1) is 21.6 Å². The van der Waals surface area contributed by atoms with E-state index in [2.05, 4.69) is 41.2 Å². The highest BCUT2D eigenvalue weighted by atomic mass is 31.0. The Morgan fingerprint density at radius 3 is 2.24 bits per heavy atom. The molecule has 0 aliphatic rings.